The summed E-state index contributed by atoms with van der Waals surface area (Å²) in [5, 5.41) is 0. The van der Waals surface area contributed by atoms with Crippen molar-refractivity contribution in [2.75, 3.05) is 11.3 Å². The third kappa shape index (κ3) is 3.99. The van der Waals surface area contributed by atoms with Crippen molar-refractivity contribution in [1.82, 2.24) is 13.6 Å². The number of carbonyl (C=O) groups excluding carboxylic acids is 2. The first-order chi connectivity index (χ1) is 16.2. The predicted molar refractivity (Wildman–Crippen MR) is 133 cm³/mol. The van der Waals surface area contributed by atoms with E-state index in [9.17, 15) is 18.0 Å². The van der Waals surface area contributed by atoms with Crippen LogP contribution in [0.2, 0.25) is 0 Å². The molecule has 1 aromatic heterocycles. The average Bonchev–Trinajstić information content (AvgIpc) is 3.37. The smallest absolute Gasteiger partial charge is 0.263 e. The molecule has 1 aliphatic rings. The van der Waals surface area contributed by atoms with Gasteiger partial charge in [-0.2, -0.15) is 8.75 Å². The summed E-state index contributed by atoms with van der Waals surface area (Å²) >= 11 is 4.32. The molecule has 3 aromatic carbocycles. The Hall–Kier alpha value is -3.15. The summed E-state index contributed by atoms with van der Waals surface area (Å²) in [6.07, 6.45) is 0. The van der Waals surface area contributed by atoms with Gasteiger partial charge in [-0.1, -0.05) is 53.2 Å². The summed E-state index contributed by atoms with van der Waals surface area (Å²) in [6.45, 7) is 2.11. The highest BCUT2D eigenvalue weighted by atomic mass is 79.9. The Morgan fingerprint density at radius 3 is 2.50 bits per heavy atom. The Balaban J connectivity index is 1.48. The Morgan fingerprint density at radius 1 is 1.00 bits per heavy atom. The zero-order chi connectivity index (χ0) is 24.0. The Labute approximate surface area is 208 Å². The summed E-state index contributed by atoms with van der Waals surface area (Å²) in [5.74, 6) is -1.09. The highest BCUT2D eigenvalue weighted by molar-refractivity contribution is 9.10. The number of hydrogen-bond donors (Lipinski definition) is 1. The fourth-order valence-corrected chi connectivity index (χ4v) is 5.98. The molecule has 5 rings (SSSR count). The van der Waals surface area contributed by atoms with Gasteiger partial charge in [-0.05, 0) is 41.8 Å². The summed E-state index contributed by atoms with van der Waals surface area (Å²) in [6, 6.07) is 17.0. The molecule has 1 atom stereocenters. The van der Waals surface area contributed by atoms with Crippen LogP contribution in [0.3, 0.4) is 0 Å². The summed E-state index contributed by atoms with van der Waals surface area (Å²) in [7, 11) is -4.06. The molecule has 0 radical (unpaired) electrons. The second-order valence-corrected chi connectivity index (χ2v) is 11.1. The number of halogens is 1. The molecule has 172 valence electrons. The number of benzene rings is 3. The van der Waals surface area contributed by atoms with Crippen LogP contribution in [0.1, 0.15) is 39.1 Å². The molecule has 2 amide bonds. The number of nitrogens with zero attached hydrogens (tertiary/aromatic N) is 3. The number of sulfonamides is 1. The largest absolute Gasteiger partial charge is 0.279 e. The van der Waals surface area contributed by atoms with Crippen LogP contribution in [0.4, 0.5) is 5.69 Å². The molecule has 0 saturated heterocycles. The van der Waals surface area contributed by atoms with Gasteiger partial charge in [0.2, 0.25) is 0 Å². The maximum atomic E-state index is 13.3. The normalized spacial score (nSPS) is 14.5. The van der Waals surface area contributed by atoms with Crippen molar-refractivity contribution in [2.24, 2.45) is 0 Å². The Bertz CT molecular complexity index is 1550. The third-order valence-corrected chi connectivity index (χ3v) is 8.02. The van der Waals surface area contributed by atoms with Gasteiger partial charge in [0, 0.05) is 11.0 Å². The fourth-order valence-electron chi connectivity index (χ4n) is 3.92. The molecule has 34 heavy (non-hydrogen) atoms. The van der Waals surface area contributed by atoms with Crippen molar-refractivity contribution in [3.63, 3.8) is 0 Å². The summed E-state index contributed by atoms with van der Waals surface area (Å²) in [5.41, 5.74) is 2.27. The molecule has 4 aromatic rings. The van der Waals surface area contributed by atoms with Crippen molar-refractivity contribution in [2.45, 2.75) is 17.7 Å². The van der Waals surface area contributed by atoms with Gasteiger partial charge in [0.25, 0.3) is 21.8 Å². The monoisotopic (exact) mass is 556 g/mol. The molecule has 0 aliphatic carbocycles. The van der Waals surface area contributed by atoms with Crippen molar-refractivity contribution >= 4 is 66.2 Å². The van der Waals surface area contributed by atoms with E-state index in [0.717, 1.165) is 17.3 Å². The first-order valence-corrected chi connectivity index (χ1v) is 13.2. The van der Waals surface area contributed by atoms with Gasteiger partial charge in [0.15, 0.2) is 0 Å². The average molecular weight is 557 g/mol. The van der Waals surface area contributed by atoms with E-state index in [1.165, 1.54) is 29.2 Å². The SMILES string of the molecule is C[C@H](CN1C(=O)c2cc(Br)cc(NS(=O)(=O)c3ccc4nsnc4c3)c2C1=O)c1ccccc1. The first-order valence-electron chi connectivity index (χ1n) is 10.2. The maximum absolute atomic E-state index is 13.3. The maximum Gasteiger partial charge on any atom is 0.263 e. The molecule has 2 heterocycles. The molecular formula is C23H17BrN4O4S2. The zero-order valence-corrected chi connectivity index (χ0v) is 20.9. The molecule has 0 spiro atoms. The van der Waals surface area contributed by atoms with Crippen LogP contribution in [0, 0.1) is 0 Å². The molecule has 0 saturated carbocycles. The number of amides is 2. The van der Waals surface area contributed by atoms with E-state index < -0.39 is 21.8 Å². The number of rotatable bonds is 6. The van der Waals surface area contributed by atoms with E-state index in [1.54, 1.807) is 6.07 Å². The van der Waals surface area contributed by atoms with Gasteiger partial charge >= 0.3 is 0 Å². The molecule has 1 aliphatic heterocycles. The minimum absolute atomic E-state index is 0.0206. The summed E-state index contributed by atoms with van der Waals surface area (Å²) in [4.78, 5) is 27.6. The lowest BCUT2D eigenvalue weighted by atomic mass is 10.0. The molecule has 0 unspecified atom stereocenters. The van der Waals surface area contributed by atoms with E-state index >= 15 is 0 Å². The van der Waals surface area contributed by atoms with Gasteiger partial charge < -0.3 is 0 Å². The van der Waals surface area contributed by atoms with Crippen molar-refractivity contribution < 1.29 is 18.0 Å². The lowest BCUT2D eigenvalue weighted by molar-refractivity contribution is 0.0647. The van der Waals surface area contributed by atoms with Gasteiger partial charge in [-0.3, -0.25) is 19.2 Å². The molecule has 0 bridgehead atoms. The Morgan fingerprint density at radius 2 is 1.74 bits per heavy atom. The van der Waals surface area contributed by atoms with Gasteiger partial charge in [0.1, 0.15) is 11.0 Å². The topological polar surface area (TPSA) is 109 Å². The van der Waals surface area contributed by atoms with E-state index in [0.29, 0.717) is 15.5 Å². The number of carbonyl (C=O) groups is 2. The molecular weight excluding hydrogens is 540 g/mol. The molecule has 11 heteroatoms. The van der Waals surface area contributed by atoms with Crippen LogP contribution >= 0.6 is 27.7 Å². The number of imide groups is 1. The van der Waals surface area contributed by atoms with Crippen molar-refractivity contribution in [3.05, 3.63) is 81.8 Å². The van der Waals surface area contributed by atoms with Crippen molar-refractivity contribution in [1.29, 1.82) is 0 Å². The molecule has 1 N–H and O–H groups in total. The minimum atomic E-state index is -4.06. The summed E-state index contributed by atoms with van der Waals surface area (Å²) < 4.78 is 37.4. The van der Waals surface area contributed by atoms with Gasteiger partial charge in [-0.15, -0.1) is 0 Å². The lowest BCUT2D eigenvalue weighted by Crippen LogP contribution is -2.33. The quantitative estimate of drug-likeness (QED) is 0.346. The van der Waals surface area contributed by atoms with Crippen LogP contribution in [-0.4, -0.2) is 40.4 Å². The second kappa shape index (κ2) is 8.57. The zero-order valence-electron chi connectivity index (χ0n) is 17.7. The molecule has 8 nitrogen and oxygen atoms in total. The number of nitrogens with one attached hydrogen (secondary N) is 1. The fraction of sp³-hybridized carbons (Fsp3) is 0.130. The lowest BCUT2D eigenvalue weighted by Gasteiger charge is -2.19. The predicted octanol–water partition coefficient (Wildman–Crippen LogP) is 4.65. The van der Waals surface area contributed by atoms with Gasteiger partial charge in [0.05, 0.1) is 33.4 Å². The van der Waals surface area contributed by atoms with Gasteiger partial charge in [-0.25, -0.2) is 8.42 Å². The van der Waals surface area contributed by atoms with Crippen LogP contribution in [0.5, 0.6) is 0 Å². The van der Waals surface area contributed by atoms with Crippen LogP contribution in [-0.2, 0) is 10.0 Å². The number of anilines is 1. The van der Waals surface area contributed by atoms with Crippen LogP contribution in [0.15, 0.2) is 70.0 Å². The Kier molecular flexibility index (Phi) is 5.70. The number of fused-ring (bicyclic) bond motifs is 2. The van der Waals surface area contributed by atoms with Crippen LogP contribution in [0.25, 0.3) is 11.0 Å². The van der Waals surface area contributed by atoms with E-state index in [4.69, 9.17) is 0 Å². The third-order valence-electron chi connectivity index (χ3n) is 5.64. The van der Waals surface area contributed by atoms with E-state index in [2.05, 4.69) is 29.4 Å². The molecule has 0 fully saturated rings. The standard InChI is InChI=1S/C23H17BrN4O4S2/c1-13(14-5-3-2-4-6-14)12-28-22(29)17-9-15(24)10-20(21(17)23(28)30)27-34(31,32)16-7-8-18-19(11-16)26-33-25-18/h2-11,13,27H,12H2,1H3/t13-/m1/s1. The van der Waals surface area contributed by atoms with E-state index in [1.807, 2.05) is 37.3 Å². The highest BCUT2D eigenvalue weighted by Gasteiger charge is 2.39. The van der Waals surface area contributed by atoms with Crippen LogP contribution < -0.4 is 4.72 Å². The first kappa shape index (κ1) is 22.6. The second-order valence-electron chi connectivity index (χ2n) is 7.93. The highest BCUT2D eigenvalue weighted by Crippen LogP contribution is 2.35. The number of hydrogen-bond acceptors (Lipinski definition) is 7. The van der Waals surface area contributed by atoms with Crippen molar-refractivity contribution in [3.8, 4) is 0 Å². The number of aromatic nitrogens is 2. The van der Waals surface area contributed by atoms with E-state index in [-0.39, 0.29) is 34.2 Å². The minimum Gasteiger partial charge on any atom is -0.279 e.